The number of aryl methyl sites for hydroxylation is 1. The molecule has 0 aliphatic rings. The highest BCUT2D eigenvalue weighted by Gasteiger charge is 2.09. The summed E-state index contributed by atoms with van der Waals surface area (Å²) >= 11 is 11.9. The molecule has 0 fully saturated rings. The van der Waals surface area contributed by atoms with E-state index in [4.69, 9.17) is 23.2 Å². The van der Waals surface area contributed by atoms with Crippen LogP contribution in [0.2, 0.25) is 10.0 Å². The molecule has 0 bridgehead atoms. The quantitative estimate of drug-likeness (QED) is 0.819. The maximum atomic E-state index is 6.00. The molecule has 2 aromatic rings. The summed E-state index contributed by atoms with van der Waals surface area (Å²) in [5.41, 5.74) is 2.88. The van der Waals surface area contributed by atoms with Crippen LogP contribution in [0.15, 0.2) is 30.9 Å². The molecular formula is C13H12Cl2N2. The number of imidazole rings is 1. The van der Waals surface area contributed by atoms with Gasteiger partial charge in [-0.25, -0.2) is 4.98 Å². The van der Waals surface area contributed by atoms with Gasteiger partial charge in [-0.1, -0.05) is 35.3 Å². The first-order valence-electron chi connectivity index (χ1n) is 5.23. The van der Waals surface area contributed by atoms with E-state index in [-0.39, 0.29) is 0 Å². The SMILES string of the molecule is C=CCc1nc(-c2ccc(Cl)c(Cl)c2)c(C)[nH]1. The summed E-state index contributed by atoms with van der Waals surface area (Å²) in [5.74, 6) is 0.901. The maximum Gasteiger partial charge on any atom is 0.110 e. The molecule has 1 aromatic carbocycles. The van der Waals surface area contributed by atoms with E-state index in [9.17, 15) is 0 Å². The van der Waals surface area contributed by atoms with Crippen molar-refractivity contribution in [3.05, 3.63) is 52.4 Å². The molecule has 0 unspecified atom stereocenters. The van der Waals surface area contributed by atoms with Crippen LogP contribution in [0.3, 0.4) is 0 Å². The zero-order chi connectivity index (χ0) is 12.4. The van der Waals surface area contributed by atoms with Crippen LogP contribution in [-0.4, -0.2) is 9.97 Å². The second-order valence-electron chi connectivity index (χ2n) is 3.78. The van der Waals surface area contributed by atoms with Gasteiger partial charge < -0.3 is 4.98 Å². The first kappa shape index (κ1) is 12.2. The van der Waals surface area contributed by atoms with Crippen molar-refractivity contribution >= 4 is 23.2 Å². The fraction of sp³-hybridized carbons (Fsp3) is 0.154. The molecule has 1 N–H and O–H groups in total. The summed E-state index contributed by atoms with van der Waals surface area (Å²) < 4.78 is 0. The van der Waals surface area contributed by atoms with Crippen molar-refractivity contribution < 1.29 is 0 Å². The monoisotopic (exact) mass is 266 g/mol. The van der Waals surface area contributed by atoms with E-state index in [0.29, 0.717) is 10.0 Å². The van der Waals surface area contributed by atoms with Crippen molar-refractivity contribution in [3.8, 4) is 11.3 Å². The topological polar surface area (TPSA) is 28.7 Å². The Labute approximate surface area is 110 Å². The molecule has 0 aliphatic heterocycles. The van der Waals surface area contributed by atoms with Gasteiger partial charge in [-0.3, -0.25) is 0 Å². The minimum atomic E-state index is 0.539. The van der Waals surface area contributed by atoms with E-state index in [2.05, 4.69) is 16.5 Å². The zero-order valence-corrected chi connectivity index (χ0v) is 10.9. The van der Waals surface area contributed by atoms with Crippen LogP contribution in [0, 0.1) is 6.92 Å². The molecule has 1 aromatic heterocycles. The van der Waals surface area contributed by atoms with Crippen LogP contribution in [0.5, 0.6) is 0 Å². The fourth-order valence-electron chi connectivity index (χ4n) is 1.68. The lowest BCUT2D eigenvalue weighted by Gasteiger charge is -2.01. The number of H-pyrrole nitrogens is 1. The van der Waals surface area contributed by atoms with Crippen molar-refractivity contribution in [2.75, 3.05) is 0 Å². The molecule has 0 spiro atoms. The van der Waals surface area contributed by atoms with E-state index < -0.39 is 0 Å². The summed E-state index contributed by atoms with van der Waals surface area (Å²) in [6, 6.07) is 5.51. The van der Waals surface area contributed by atoms with Crippen LogP contribution < -0.4 is 0 Å². The number of nitrogens with one attached hydrogen (secondary N) is 1. The summed E-state index contributed by atoms with van der Waals surface area (Å²) in [7, 11) is 0. The number of halogens is 2. The minimum absolute atomic E-state index is 0.539. The van der Waals surface area contributed by atoms with Gasteiger partial charge in [-0.05, 0) is 19.1 Å². The van der Waals surface area contributed by atoms with Gasteiger partial charge in [0.05, 0.1) is 15.7 Å². The number of hydrogen-bond acceptors (Lipinski definition) is 1. The third-order valence-electron chi connectivity index (χ3n) is 2.46. The number of hydrogen-bond donors (Lipinski definition) is 1. The standard InChI is InChI=1S/C13H12Cl2N2/c1-3-4-12-16-8(2)13(17-12)9-5-6-10(14)11(15)7-9/h3,5-7H,1,4H2,2H3,(H,16,17). The Bertz CT molecular complexity index is 559. The second-order valence-corrected chi connectivity index (χ2v) is 4.59. The summed E-state index contributed by atoms with van der Waals surface area (Å²) in [6.45, 7) is 5.68. The number of rotatable bonds is 3. The Hall–Kier alpha value is -1.25. The first-order valence-corrected chi connectivity index (χ1v) is 5.99. The van der Waals surface area contributed by atoms with E-state index in [0.717, 1.165) is 29.2 Å². The Balaban J connectivity index is 2.44. The largest absolute Gasteiger partial charge is 0.345 e. The average Bonchev–Trinajstić information content (AvgIpc) is 2.64. The molecule has 88 valence electrons. The highest BCUT2D eigenvalue weighted by molar-refractivity contribution is 6.42. The summed E-state index contributed by atoms with van der Waals surface area (Å²) in [5, 5.41) is 1.09. The Morgan fingerprint density at radius 1 is 1.35 bits per heavy atom. The zero-order valence-electron chi connectivity index (χ0n) is 9.43. The van der Waals surface area contributed by atoms with E-state index >= 15 is 0 Å². The number of aromatic nitrogens is 2. The van der Waals surface area contributed by atoms with E-state index in [1.807, 2.05) is 25.1 Å². The van der Waals surface area contributed by atoms with Crippen LogP contribution >= 0.6 is 23.2 Å². The number of allylic oxidation sites excluding steroid dienone is 1. The maximum absolute atomic E-state index is 6.00. The Morgan fingerprint density at radius 2 is 2.12 bits per heavy atom. The summed E-state index contributed by atoms with van der Waals surface area (Å²) in [6.07, 6.45) is 2.54. The number of benzene rings is 1. The molecule has 0 saturated heterocycles. The average molecular weight is 267 g/mol. The predicted octanol–water partition coefficient (Wildman–Crippen LogP) is 4.42. The molecule has 17 heavy (non-hydrogen) atoms. The predicted molar refractivity (Wildman–Crippen MR) is 72.7 cm³/mol. The molecule has 2 nitrogen and oxygen atoms in total. The summed E-state index contributed by atoms with van der Waals surface area (Å²) in [4.78, 5) is 7.73. The molecule has 4 heteroatoms. The highest BCUT2D eigenvalue weighted by atomic mass is 35.5. The molecule has 0 atom stereocenters. The van der Waals surface area contributed by atoms with E-state index in [1.165, 1.54) is 0 Å². The molecule has 0 aliphatic carbocycles. The van der Waals surface area contributed by atoms with Crippen molar-refractivity contribution in [2.45, 2.75) is 13.3 Å². The van der Waals surface area contributed by atoms with E-state index in [1.54, 1.807) is 6.07 Å². The molecule has 1 heterocycles. The molecule has 0 radical (unpaired) electrons. The minimum Gasteiger partial charge on any atom is -0.345 e. The van der Waals surface area contributed by atoms with Crippen molar-refractivity contribution in [1.29, 1.82) is 0 Å². The lowest BCUT2D eigenvalue weighted by molar-refractivity contribution is 1.05. The van der Waals surface area contributed by atoms with Crippen LogP contribution in [0.25, 0.3) is 11.3 Å². The Morgan fingerprint density at radius 3 is 2.76 bits per heavy atom. The molecular weight excluding hydrogens is 255 g/mol. The number of nitrogens with zero attached hydrogens (tertiary/aromatic N) is 1. The van der Waals surface area contributed by atoms with Gasteiger partial charge in [-0.15, -0.1) is 6.58 Å². The highest BCUT2D eigenvalue weighted by Crippen LogP contribution is 2.29. The molecule has 2 rings (SSSR count). The molecule has 0 amide bonds. The van der Waals surface area contributed by atoms with Gasteiger partial charge >= 0.3 is 0 Å². The smallest absolute Gasteiger partial charge is 0.110 e. The normalized spacial score (nSPS) is 10.5. The lowest BCUT2D eigenvalue weighted by Crippen LogP contribution is -1.83. The van der Waals surface area contributed by atoms with Gasteiger partial charge in [0.25, 0.3) is 0 Å². The first-order chi connectivity index (χ1) is 8.11. The van der Waals surface area contributed by atoms with Crippen molar-refractivity contribution in [3.63, 3.8) is 0 Å². The third kappa shape index (κ3) is 2.54. The van der Waals surface area contributed by atoms with Gasteiger partial charge in [0.2, 0.25) is 0 Å². The second kappa shape index (κ2) is 4.94. The Kier molecular flexibility index (Phi) is 3.55. The van der Waals surface area contributed by atoms with Crippen molar-refractivity contribution in [1.82, 2.24) is 9.97 Å². The third-order valence-corrected chi connectivity index (χ3v) is 3.20. The number of aromatic amines is 1. The van der Waals surface area contributed by atoms with Gasteiger partial charge in [0.1, 0.15) is 5.82 Å². The fourth-order valence-corrected chi connectivity index (χ4v) is 1.98. The van der Waals surface area contributed by atoms with Crippen LogP contribution in [0.4, 0.5) is 0 Å². The molecule has 0 saturated carbocycles. The van der Waals surface area contributed by atoms with Gasteiger partial charge in [0, 0.05) is 17.7 Å². The van der Waals surface area contributed by atoms with Crippen molar-refractivity contribution in [2.24, 2.45) is 0 Å². The lowest BCUT2D eigenvalue weighted by atomic mass is 10.1. The van der Waals surface area contributed by atoms with Gasteiger partial charge in [0.15, 0.2) is 0 Å². The van der Waals surface area contributed by atoms with Crippen LogP contribution in [0.1, 0.15) is 11.5 Å². The van der Waals surface area contributed by atoms with Crippen LogP contribution in [-0.2, 0) is 6.42 Å². The van der Waals surface area contributed by atoms with Gasteiger partial charge in [-0.2, -0.15) is 0 Å².